The minimum absolute atomic E-state index is 0. The fraction of sp³-hybridized carbons (Fsp3) is 1.00. The van der Waals surface area contributed by atoms with Crippen molar-refractivity contribution in [2.75, 3.05) is 60.0 Å². The Hall–Kier alpha value is -0.320. The van der Waals surface area contributed by atoms with Crippen LogP contribution in [0.3, 0.4) is 0 Å². The van der Waals surface area contributed by atoms with Crippen molar-refractivity contribution in [1.29, 1.82) is 0 Å². The zero-order valence-electron chi connectivity index (χ0n) is 17.4. The van der Waals surface area contributed by atoms with Gasteiger partial charge in [0.05, 0.1) is 45.7 Å². The molecule has 0 aromatic carbocycles. The Balaban J connectivity index is -0.0000000913. The van der Waals surface area contributed by atoms with Crippen molar-refractivity contribution in [2.45, 2.75) is 88.1 Å². The predicted octanol–water partition coefficient (Wildman–Crippen LogP) is 3.05. The van der Waals surface area contributed by atoms with E-state index < -0.39 is 0 Å². The quantitative estimate of drug-likeness (QED) is 0.310. The first-order valence-corrected chi connectivity index (χ1v) is 9.40. The lowest BCUT2D eigenvalue weighted by atomic mass is 10.4. The summed E-state index contributed by atoms with van der Waals surface area (Å²) in [5.41, 5.74) is 16.5. The maximum atomic E-state index is 5.55. The van der Waals surface area contributed by atoms with Crippen LogP contribution >= 0.6 is 0 Å². The van der Waals surface area contributed by atoms with Gasteiger partial charge in [-0.2, -0.15) is 0 Å². The van der Waals surface area contributed by atoms with Gasteiger partial charge in [-0.15, -0.1) is 0 Å². The van der Waals surface area contributed by atoms with Crippen molar-refractivity contribution < 1.29 is 23.7 Å². The number of rotatable bonds is 16. The first kappa shape index (κ1) is 43.5. The van der Waals surface area contributed by atoms with E-state index in [1.807, 2.05) is 27.7 Å². The van der Waals surface area contributed by atoms with Crippen LogP contribution in [0.2, 0.25) is 0 Å². The van der Waals surface area contributed by atoms with Crippen molar-refractivity contribution in [3.05, 3.63) is 0 Å². The Bertz CT molecular complexity index is 271. The normalized spacial score (nSPS) is 13.6. The summed E-state index contributed by atoms with van der Waals surface area (Å²) in [5, 5.41) is 0. The zero-order valence-corrected chi connectivity index (χ0v) is 17.4. The van der Waals surface area contributed by atoms with E-state index in [1.165, 1.54) is 0 Å². The third-order valence-corrected chi connectivity index (χ3v) is 2.76. The van der Waals surface area contributed by atoms with Crippen LogP contribution in [-0.4, -0.2) is 84.2 Å². The summed E-state index contributed by atoms with van der Waals surface area (Å²) in [6.45, 7) is 12.7. The summed E-state index contributed by atoms with van der Waals surface area (Å²) in [6.07, 6.45) is 1.01. The predicted molar refractivity (Wildman–Crippen MR) is 132 cm³/mol. The first-order valence-electron chi connectivity index (χ1n) is 9.40. The van der Waals surface area contributed by atoms with Gasteiger partial charge in [-0.3, -0.25) is 0 Å². The Morgan fingerprint density at radius 3 is 1.43 bits per heavy atom. The first-order chi connectivity index (χ1) is 12.3. The summed E-state index contributed by atoms with van der Waals surface area (Å²) in [4.78, 5) is 0. The molecule has 30 heavy (non-hydrogen) atoms. The molecule has 192 valence electrons. The molecule has 0 aromatic rings. The smallest absolute Gasteiger partial charge is 0.0781 e. The lowest BCUT2D eigenvalue weighted by Gasteiger charge is -2.14. The van der Waals surface area contributed by atoms with Gasteiger partial charge in [-0.25, -0.2) is 0 Å². The van der Waals surface area contributed by atoms with Gasteiger partial charge in [0.2, 0.25) is 0 Å². The highest BCUT2D eigenvalue weighted by Crippen LogP contribution is 1.93. The third-order valence-electron chi connectivity index (χ3n) is 2.76. The van der Waals surface area contributed by atoms with E-state index >= 15 is 0 Å². The van der Waals surface area contributed by atoms with Gasteiger partial charge in [0, 0.05) is 38.4 Å². The molecule has 0 amide bonds. The number of hydrogen-bond acceptors (Lipinski definition) is 8. The van der Waals surface area contributed by atoms with Gasteiger partial charge < -0.3 is 40.9 Å². The Morgan fingerprint density at radius 1 is 0.567 bits per heavy atom. The van der Waals surface area contributed by atoms with E-state index in [2.05, 4.69) is 0 Å². The monoisotopic (exact) mass is 445 g/mol. The number of ether oxygens (including phenoxy) is 5. The summed E-state index contributed by atoms with van der Waals surface area (Å²) in [6, 6.07) is 0.288. The molecule has 0 aromatic heterocycles. The molecule has 0 saturated carbocycles. The summed E-state index contributed by atoms with van der Waals surface area (Å²) >= 11 is 0. The maximum Gasteiger partial charge on any atom is 0.0781 e. The standard InChI is InChI=1S/C11H26N2O3.C7H17NO2.4CH4/c1-9(12)6-14-4-5-16-11(3)8-15-7-10(2)13;1-7(8)6-10-5-3-4-9-2;;;;/h9-11H,4-8,12-13H2,1-3H3;7H,3-6,8H2,1-2H3;4*1H4. The molecular formula is C22H59N3O5. The fourth-order valence-corrected chi connectivity index (χ4v) is 1.62. The molecule has 0 spiro atoms. The molecule has 4 unspecified atom stereocenters. The number of methoxy groups -OCH3 is 1. The minimum Gasteiger partial charge on any atom is -0.385 e. The fourth-order valence-electron chi connectivity index (χ4n) is 1.62. The van der Waals surface area contributed by atoms with E-state index in [0.29, 0.717) is 39.6 Å². The third kappa shape index (κ3) is 46.1. The van der Waals surface area contributed by atoms with Crippen molar-refractivity contribution in [2.24, 2.45) is 17.2 Å². The van der Waals surface area contributed by atoms with Gasteiger partial charge in [-0.1, -0.05) is 29.7 Å². The summed E-state index contributed by atoms with van der Waals surface area (Å²) < 4.78 is 26.1. The number of nitrogens with two attached hydrogens (primary N) is 3. The molecule has 6 N–H and O–H groups in total. The van der Waals surface area contributed by atoms with Gasteiger partial charge in [0.25, 0.3) is 0 Å². The molecule has 0 aliphatic heterocycles. The second-order valence-corrected chi connectivity index (χ2v) is 6.65. The van der Waals surface area contributed by atoms with Crippen LogP contribution < -0.4 is 17.2 Å². The minimum atomic E-state index is 0. The van der Waals surface area contributed by atoms with Gasteiger partial charge in [0.15, 0.2) is 0 Å². The van der Waals surface area contributed by atoms with Crippen LogP contribution in [0.1, 0.15) is 63.8 Å². The second kappa shape index (κ2) is 33.3. The average molecular weight is 446 g/mol. The summed E-state index contributed by atoms with van der Waals surface area (Å²) in [5.74, 6) is 0. The zero-order chi connectivity index (χ0) is 20.2. The Kier molecular flexibility index (Phi) is 48.4. The number of hydrogen-bond donors (Lipinski definition) is 3. The molecule has 4 atom stereocenters. The molecule has 0 aliphatic rings. The van der Waals surface area contributed by atoms with E-state index in [0.717, 1.165) is 19.6 Å². The molecule has 0 rings (SSSR count). The van der Waals surface area contributed by atoms with E-state index in [-0.39, 0.29) is 53.9 Å². The SMILES string of the molecule is C.C.C.C.CC(N)COCCOC(C)COCC(C)N.COCCCOCC(C)N. The average Bonchev–Trinajstić information content (AvgIpc) is 2.54. The molecule has 8 nitrogen and oxygen atoms in total. The van der Waals surface area contributed by atoms with Crippen molar-refractivity contribution in [3.63, 3.8) is 0 Å². The lowest BCUT2D eigenvalue weighted by Crippen LogP contribution is -2.26. The van der Waals surface area contributed by atoms with Crippen LogP contribution in [-0.2, 0) is 23.7 Å². The molecule has 0 radical (unpaired) electrons. The summed E-state index contributed by atoms with van der Waals surface area (Å²) in [7, 11) is 1.69. The van der Waals surface area contributed by atoms with Crippen LogP contribution in [0, 0.1) is 0 Å². The van der Waals surface area contributed by atoms with Crippen molar-refractivity contribution in [1.82, 2.24) is 0 Å². The van der Waals surface area contributed by atoms with E-state index in [9.17, 15) is 0 Å². The molecule has 0 heterocycles. The lowest BCUT2D eigenvalue weighted by molar-refractivity contribution is -0.0319. The highest BCUT2D eigenvalue weighted by molar-refractivity contribution is 4.53. The maximum absolute atomic E-state index is 5.55. The van der Waals surface area contributed by atoms with Gasteiger partial charge in [-0.05, 0) is 34.1 Å². The van der Waals surface area contributed by atoms with Crippen molar-refractivity contribution in [3.8, 4) is 0 Å². The van der Waals surface area contributed by atoms with Crippen LogP contribution in [0.15, 0.2) is 0 Å². The van der Waals surface area contributed by atoms with Crippen molar-refractivity contribution >= 4 is 0 Å². The highest BCUT2D eigenvalue weighted by atomic mass is 16.5. The van der Waals surface area contributed by atoms with Crippen LogP contribution in [0.25, 0.3) is 0 Å². The second-order valence-electron chi connectivity index (χ2n) is 6.65. The molecule has 0 aliphatic carbocycles. The van der Waals surface area contributed by atoms with Crippen LogP contribution in [0.5, 0.6) is 0 Å². The van der Waals surface area contributed by atoms with E-state index in [1.54, 1.807) is 7.11 Å². The largest absolute Gasteiger partial charge is 0.385 e. The topological polar surface area (TPSA) is 124 Å². The molecule has 8 heteroatoms. The Labute approximate surface area is 189 Å². The molecule has 0 saturated heterocycles. The Morgan fingerprint density at radius 2 is 1.00 bits per heavy atom. The molecular weight excluding hydrogens is 386 g/mol. The van der Waals surface area contributed by atoms with Crippen LogP contribution in [0.4, 0.5) is 0 Å². The highest BCUT2D eigenvalue weighted by Gasteiger charge is 2.03. The van der Waals surface area contributed by atoms with Gasteiger partial charge in [0.1, 0.15) is 0 Å². The molecule has 0 fully saturated rings. The van der Waals surface area contributed by atoms with Gasteiger partial charge >= 0.3 is 0 Å². The molecule has 0 bridgehead atoms. The van der Waals surface area contributed by atoms with E-state index in [4.69, 9.17) is 40.9 Å².